The number of rotatable bonds is 3. The van der Waals surface area contributed by atoms with Crippen molar-refractivity contribution in [3.8, 4) is 0 Å². The van der Waals surface area contributed by atoms with Crippen LogP contribution in [0.25, 0.3) is 0 Å². The van der Waals surface area contributed by atoms with Gasteiger partial charge in [0.25, 0.3) is 0 Å². The number of halogens is 1. The van der Waals surface area contributed by atoms with E-state index in [2.05, 4.69) is 9.98 Å². The van der Waals surface area contributed by atoms with Gasteiger partial charge in [0.2, 0.25) is 5.97 Å². The molecule has 0 fully saturated rings. The van der Waals surface area contributed by atoms with E-state index in [1.807, 2.05) is 20.8 Å². The van der Waals surface area contributed by atoms with Crippen molar-refractivity contribution in [3.63, 3.8) is 0 Å². The Labute approximate surface area is 67.3 Å². The molecule has 0 heterocycles. The molecule has 0 aromatic rings. The fourth-order valence-electron chi connectivity index (χ4n) is 0.409. The summed E-state index contributed by atoms with van der Waals surface area (Å²) in [6.07, 6.45) is 1.17. The van der Waals surface area contributed by atoms with Gasteiger partial charge in [0.15, 0.2) is 0 Å². The first kappa shape index (κ1) is 10.3. The van der Waals surface area contributed by atoms with E-state index in [1.165, 1.54) is 13.3 Å². The molecule has 0 radical (unpaired) electrons. The molecule has 0 aromatic carbocycles. The molecule has 0 saturated heterocycles. The minimum absolute atomic E-state index is 0.155. The lowest BCUT2D eigenvalue weighted by atomic mass is 10.1. The minimum atomic E-state index is -0.516. The topological polar surface area (TPSA) is 24.7 Å². The second-order valence-corrected chi connectivity index (χ2v) is 2.81. The molecule has 0 saturated carbocycles. The van der Waals surface area contributed by atoms with Crippen LogP contribution in [-0.2, 0) is 0 Å². The van der Waals surface area contributed by atoms with Crippen LogP contribution >= 0.6 is 0 Å². The molecule has 1 atom stereocenters. The third kappa shape index (κ3) is 4.65. The average Bonchev–Trinajstić information content (AvgIpc) is 1.99. The van der Waals surface area contributed by atoms with Gasteiger partial charge in [-0.15, -0.1) is 0 Å². The molecular formula is C8H15FN2. The van der Waals surface area contributed by atoms with Crippen LogP contribution < -0.4 is 0 Å². The zero-order valence-corrected chi connectivity index (χ0v) is 7.50. The maximum Gasteiger partial charge on any atom is 0.226 e. The molecule has 0 spiro atoms. The van der Waals surface area contributed by atoms with Gasteiger partial charge in [-0.1, -0.05) is 13.8 Å². The maximum atomic E-state index is 12.4. The predicted octanol–water partition coefficient (Wildman–Crippen LogP) is 2.10. The molecule has 0 N–H and O–H groups in total. The predicted molar refractivity (Wildman–Crippen MR) is 47.3 cm³/mol. The average molecular weight is 158 g/mol. The second kappa shape index (κ2) is 4.99. The van der Waals surface area contributed by atoms with Gasteiger partial charge in [-0.05, 0) is 12.8 Å². The minimum Gasteiger partial charge on any atom is -0.285 e. The molecule has 0 aliphatic carbocycles. The molecule has 0 unspecified atom stereocenters. The summed E-state index contributed by atoms with van der Waals surface area (Å²) in [4.78, 5) is 7.28. The van der Waals surface area contributed by atoms with E-state index in [-0.39, 0.29) is 6.04 Å². The van der Waals surface area contributed by atoms with E-state index in [4.69, 9.17) is 0 Å². The third-order valence-electron chi connectivity index (χ3n) is 1.59. The first-order valence-electron chi connectivity index (χ1n) is 3.73. The lowest BCUT2D eigenvalue weighted by molar-refractivity contribution is 0.533. The molecule has 64 valence electrons. The van der Waals surface area contributed by atoms with Crippen molar-refractivity contribution >= 4 is 12.2 Å². The number of aliphatic imine (C=N–C) groups is 2. The zero-order chi connectivity index (χ0) is 8.85. The van der Waals surface area contributed by atoms with Gasteiger partial charge in [0.05, 0.1) is 6.21 Å². The van der Waals surface area contributed by atoms with Crippen molar-refractivity contribution < 1.29 is 4.39 Å². The summed E-state index contributed by atoms with van der Waals surface area (Å²) in [7, 11) is 1.40. The fraction of sp³-hybridized carbons (Fsp3) is 0.750. The van der Waals surface area contributed by atoms with Gasteiger partial charge < -0.3 is 0 Å². The standard InChI is InChI=1S/C8H15FN2/c1-6(2)7(3)11-5-8(9)10-4/h5-7H,1-4H3/t7-/m1/s1. The quantitative estimate of drug-likeness (QED) is 0.562. The molecule has 0 amide bonds. The summed E-state index contributed by atoms with van der Waals surface area (Å²) >= 11 is 0. The Hall–Kier alpha value is -0.730. The molecule has 0 bridgehead atoms. The zero-order valence-electron chi connectivity index (χ0n) is 7.50. The summed E-state index contributed by atoms with van der Waals surface area (Å²) in [5.41, 5.74) is 0. The molecule has 2 nitrogen and oxygen atoms in total. The maximum absolute atomic E-state index is 12.4. The molecule has 0 aromatic heterocycles. The fourth-order valence-corrected chi connectivity index (χ4v) is 0.409. The molecule has 3 heteroatoms. The summed E-state index contributed by atoms with van der Waals surface area (Å²) < 4.78 is 12.4. The van der Waals surface area contributed by atoms with Gasteiger partial charge in [0.1, 0.15) is 0 Å². The normalized spacial score (nSPS) is 16.4. The Morgan fingerprint density at radius 3 is 2.27 bits per heavy atom. The molecular weight excluding hydrogens is 143 g/mol. The van der Waals surface area contributed by atoms with Gasteiger partial charge in [-0.3, -0.25) is 9.98 Å². The molecule has 0 rings (SSSR count). The van der Waals surface area contributed by atoms with Crippen LogP contribution in [0.2, 0.25) is 0 Å². The van der Waals surface area contributed by atoms with E-state index < -0.39 is 5.97 Å². The van der Waals surface area contributed by atoms with Crippen LogP contribution in [0.1, 0.15) is 20.8 Å². The van der Waals surface area contributed by atoms with Crippen molar-refractivity contribution in [2.45, 2.75) is 26.8 Å². The molecule has 0 aliphatic rings. The Morgan fingerprint density at radius 1 is 1.36 bits per heavy atom. The lowest BCUT2D eigenvalue weighted by Crippen LogP contribution is -2.08. The van der Waals surface area contributed by atoms with Crippen LogP contribution in [-0.4, -0.2) is 25.3 Å². The second-order valence-electron chi connectivity index (χ2n) is 2.81. The Kier molecular flexibility index (Phi) is 4.66. The van der Waals surface area contributed by atoms with Crippen LogP contribution in [0.5, 0.6) is 0 Å². The number of hydrogen-bond acceptors (Lipinski definition) is 2. The van der Waals surface area contributed by atoms with Crippen LogP contribution in [0.4, 0.5) is 4.39 Å². The largest absolute Gasteiger partial charge is 0.285 e. The van der Waals surface area contributed by atoms with Crippen molar-refractivity contribution in [1.82, 2.24) is 0 Å². The summed E-state index contributed by atoms with van der Waals surface area (Å²) in [6.45, 7) is 6.04. The Balaban J connectivity index is 3.93. The Bertz CT molecular complexity index is 161. The highest BCUT2D eigenvalue weighted by Gasteiger charge is 2.02. The third-order valence-corrected chi connectivity index (χ3v) is 1.59. The van der Waals surface area contributed by atoms with E-state index in [1.54, 1.807) is 0 Å². The van der Waals surface area contributed by atoms with Crippen molar-refractivity contribution in [2.75, 3.05) is 7.05 Å². The summed E-state index contributed by atoms with van der Waals surface area (Å²) in [5, 5.41) is 0. The number of hydrogen-bond donors (Lipinski definition) is 0. The van der Waals surface area contributed by atoms with Crippen molar-refractivity contribution in [1.29, 1.82) is 0 Å². The first-order valence-corrected chi connectivity index (χ1v) is 3.73. The van der Waals surface area contributed by atoms with Crippen LogP contribution in [0.15, 0.2) is 9.98 Å². The highest BCUT2D eigenvalue weighted by Crippen LogP contribution is 2.03. The van der Waals surface area contributed by atoms with E-state index in [0.717, 1.165) is 0 Å². The van der Waals surface area contributed by atoms with Crippen LogP contribution in [0, 0.1) is 5.92 Å². The van der Waals surface area contributed by atoms with E-state index in [0.29, 0.717) is 5.92 Å². The lowest BCUT2D eigenvalue weighted by Gasteiger charge is -2.08. The summed E-state index contributed by atoms with van der Waals surface area (Å²) in [6, 6.07) is 0.155. The SMILES string of the molecule is CN=C(F)C=N[C@H](C)C(C)C. The highest BCUT2D eigenvalue weighted by atomic mass is 19.1. The van der Waals surface area contributed by atoms with Gasteiger partial charge >= 0.3 is 0 Å². The van der Waals surface area contributed by atoms with E-state index in [9.17, 15) is 4.39 Å². The highest BCUT2D eigenvalue weighted by molar-refractivity contribution is 6.25. The molecule has 11 heavy (non-hydrogen) atoms. The molecule has 0 aliphatic heterocycles. The number of nitrogens with zero attached hydrogens (tertiary/aromatic N) is 2. The Morgan fingerprint density at radius 2 is 1.91 bits per heavy atom. The van der Waals surface area contributed by atoms with Crippen molar-refractivity contribution in [3.05, 3.63) is 0 Å². The van der Waals surface area contributed by atoms with Gasteiger partial charge in [0, 0.05) is 13.1 Å². The monoisotopic (exact) mass is 158 g/mol. The van der Waals surface area contributed by atoms with Crippen LogP contribution in [0.3, 0.4) is 0 Å². The van der Waals surface area contributed by atoms with Gasteiger partial charge in [-0.2, -0.15) is 4.39 Å². The van der Waals surface area contributed by atoms with Gasteiger partial charge in [-0.25, -0.2) is 0 Å². The van der Waals surface area contributed by atoms with E-state index >= 15 is 0 Å². The first-order chi connectivity index (χ1) is 5.07. The smallest absolute Gasteiger partial charge is 0.226 e. The van der Waals surface area contributed by atoms with Crippen molar-refractivity contribution in [2.24, 2.45) is 15.9 Å². The summed E-state index contributed by atoms with van der Waals surface area (Å²) in [5.74, 6) is -0.0755.